The summed E-state index contributed by atoms with van der Waals surface area (Å²) >= 11 is 0. The molecule has 0 aliphatic carbocycles. The second-order valence-electron chi connectivity index (χ2n) is 8.75. The molecule has 4 rings (SSSR count). The summed E-state index contributed by atoms with van der Waals surface area (Å²) in [6.07, 6.45) is 9.54. The molecule has 0 unspecified atom stereocenters. The third-order valence-corrected chi connectivity index (χ3v) is 6.81. The molecular weight excluding hydrogens is 352 g/mol. The first-order chi connectivity index (χ1) is 13.7. The molecule has 0 bridgehead atoms. The Labute approximate surface area is 168 Å². The van der Waals surface area contributed by atoms with Crippen LogP contribution in [0.4, 0.5) is 0 Å². The summed E-state index contributed by atoms with van der Waals surface area (Å²) in [4.78, 5) is 24.2. The van der Waals surface area contributed by atoms with Crippen LogP contribution in [0.5, 0.6) is 0 Å². The van der Waals surface area contributed by atoms with E-state index in [4.69, 9.17) is 0 Å². The standard InChI is InChI=1S/C22H34N4O2/c27-21-7-14-25(15-8-21)22(28)19-2-1-11-26(17-19)20-5-12-24(13-6-20)16-18-3-9-23-10-4-18/h3-4,9-10,19-21,27H,1-2,5-8,11-17H2/t19-/m1/s1. The van der Waals surface area contributed by atoms with Crippen molar-refractivity contribution in [1.82, 2.24) is 19.7 Å². The van der Waals surface area contributed by atoms with Gasteiger partial charge in [-0.3, -0.25) is 19.6 Å². The van der Waals surface area contributed by atoms with Crippen molar-refractivity contribution in [2.45, 2.75) is 57.2 Å². The van der Waals surface area contributed by atoms with E-state index < -0.39 is 0 Å². The molecule has 0 saturated carbocycles. The van der Waals surface area contributed by atoms with Crippen LogP contribution < -0.4 is 0 Å². The highest BCUT2D eigenvalue weighted by atomic mass is 16.3. The third kappa shape index (κ3) is 4.91. The van der Waals surface area contributed by atoms with E-state index in [1.165, 1.54) is 18.4 Å². The van der Waals surface area contributed by atoms with Gasteiger partial charge >= 0.3 is 0 Å². The van der Waals surface area contributed by atoms with Gasteiger partial charge < -0.3 is 10.0 Å². The van der Waals surface area contributed by atoms with E-state index in [2.05, 4.69) is 26.9 Å². The second kappa shape index (κ2) is 9.33. The number of nitrogens with zero attached hydrogens (tertiary/aromatic N) is 4. The van der Waals surface area contributed by atoms with Crippen molar-refractivity contribution >= 4 is 5.91 Å². The number of hydrogen-bond donors (Lipinski definition) is 1. The molecule has 0 aromatic carbocycles. The van der Waals surface area contributed by atoms with Crippen LogP contribution in [0.2, 0.25) is 0 Å². The summed E-state index contributed by atoms with van der Waals surface area (Å²) in [5, 5.41) is 9.69. The molecule has 1 atom stereocenters. The van der Waals surface area contributed by atoms with Gasteiger partial charge in [-0.15, -0.1) is 0 Å². The number of amides is 1. The lowest BCUT2D eigenvalue weighted by Crippen LogP contribution is -2.52. The molecule has 3 aliphatic heterocycles. The fraction of sp³-hybridized carbons (Fsp3) is 0.727. The number of likely N-dealkylation sites (tertiary alicyclic amines) is 3. The van der Waals surface area contributed by atoms with E-state index in [-0.39, 0.29) is 12.0 Å². The lowest BCUT2D eigenvalue weighted by molar-refractivity contribution is -0.139. The van der Waals surface area contributed by atoms with Gasteiger partial charge in [-0.2, -0.15) is 0 Å². The molecular formula is C22H34N4O2. The lowest BCUT2D eigenvalue weighted by Gasteiger charge is -2.43. The number of pyridine rings is 1. The van der Waals surface area contributed by atoms with Crippen LogP contribution in [-0.4, -0.2) is 82.1 Å². The number of rotatable bonds is 4. The van der Waals surface area contributed by atoms with Crippen molar-refractivity contribution in [2.24, 2.45) is 5.92 Å². The fourth-order valence-corrected chi connectivity index (χ4v) is 5.07. The average Bonchev–Trinajstić information content (AvgIpc) is 2.75. The first kappa shape index (κ1) is 19.8. The second-order valence-corrected chi connectivity index (χ2v) is 8.75. The summed E-state index contributed by atoms with van der Waals surface area (Å²) in [5.41, 5.74) is 1.34. The average molecular weight is 387 g/mol. The van der Waals surface area contributed by atoms with Gasteiger partial charge in [0.05, 0.1) is 12.0 Å². The first-order valence-corrected chi connectivity index (χ1v) is 11.0. The molecule has 0 radical (unpaired) electrons. The molecule has 1 aromatic heterocycles. The zero-order valence-corrected chi connectivity index (χ0v) is 16.9. The van der Waals surface area contributed by atoms with Gasteiger partial charge in [-0.1, -0.05) is 0 Å². The van der Waals surface area contributed by atoms with E-state index in [9.17, 15) is 9.90 Å². The van der Waals surface area contributed by atoms with Gasteiger partial charge in [0.2, 0.25) is 5.91 Å². The molecule has 4 heterocycles. The Morgan fingerprint density at radius 1 is 1.00 bits per heavy atom. The number of carbonyl (C=O) groups is 1. The van der Waals surface area contributed by atoms with E-state index >= 15 is 0 Å². The Bertz CT molecular complexity index is 625. The lowest BCUT2D eigenvalue weighted by atomic mass is 9.92. The van der Waals surface area contributed by atoms with E-state index in [0.717, 1.165) is 71.5 Å². The molecule has 1 N–H and O–H groups in total. The number of carbonyl (C=O) groups excluding carboxylic acids is 1. The SMILES string of the molecule is O=C([C@@H]1CCCN(C2CCN(Cc3ccncc3)CC2)C1)N1CCC(O)CC1. The molecule has 6 nitrogen and oxygen atoms in total. The van der Waals surface area contributed by atoms with Crippen molar-refractivity contribution < 1.29 is 9.90 Å². The normalized spacial score (nSPS) is 26.5. The van der Waals surface area contributed by atoms with Crippen LogP contribution in [0.25, 0.3) is 0 Å². The highest BCUT2D eigenvalue weighted by Gasteiger charge is 2.34. The number of aromatic nitrogens is 1. The molecule has 6 heteroatoms. The van der Waals surface area contributed by atoms with Crippen molar-refractivity contribution in [1.29, 1.82) is 0 Å². The molecule has 0 spiro atoms. The predicted octanol–water partition coefficient (Wildman–Crippen LogP) is 1.74. The van der Waals surface area contributed by atoms with Gasteiger partial charge in [-0.25, -0.2) is 0 Å². The Morgan fingerprint density at radius 3 is 2.43 bits per heavy atom. The highest BCUT2D eigenvalue weighted by molar-refractivity contribution is 5.79. The van der Waals surface area contributed by atoms with Crippen LogP contribution in [-0.2, 0) is 11.3 Å². The largest absolute Gasteiger partial charge is 0.393 e. The van der Waals surface area contributed by atoms with E-state index in [1.54, 1.807) is 0 Å². The Balaban J connectivity index is 1.25. The minimum atomic E-state index is -0.218. The molecule has 3 saturated heterocycles. The van der Waals surface area contributed by atoms with Crippen LogP contribution in [0.1, 0.15) is 44.1 Å². The molecule has 1 aromatic rings. The quantitative estimate of drug-likeness (QED) is 0.854. The van der Waals surface area contributed by atoms with Crippen molar-refractivity contribution in [2.75, 3.05) is 39.3 Å². The van der Waals surface area contributed by atoms with Crippen molar-refractivity contribution in [3.05, 3.63) is 30.1 Å². The maximum absolute atomic E-state index is 12.9. The topological polar surface area (TPSA) is 59.9 Å². The van der Waals surface area contributed by atoms with Gasteiger partial charge in [0.15, 0.2) is 0 Å². The van der Waals surface area contributed by atoms with Gasteiger partial charge in [-0.05, 0) is 75.9 Å². The number of aliphatic hydroxyl groups is 1. The maximum atomic E-state index is 12.9. The maximum Gasteiger partial charge on any atom is 0.226 e. The predicted molar refractivity (Wildman–Crippen MR) is 109 cm³/mol. The third-order valence-electron chi connectivity index (χ3n) is 6.81. The minimum absolute atomic E-state index is 0.152. The molecule has 3 aliphatic rings. The van der Waals surface area contributed by atoms with Crippen molar-refractivity contribution in [3.63, 3.8) is 0 Å². The number of piperidine rings is 3. The Morgan fingerprint density at radius 2 is 1.71 bits per heavy atom. The monoisotopic (exact) mass is 386 g/mol. The fourth-order valence-electron chi connectivity index (χ4n) is 5.07. The van der Waals surface area contributed by atoms with Crippen LogP contribution >= 0.6 is 0 Å². The van der Waals surface area contributed by atoms with Gasteiger partial charge in [0.1, 0.15) is 0 Å². The summed E-state index contributed by atoms with van der Waals surface area (Å²) in [7, 11) is 0. The van der Waals surface area contributed by atoms with Crippen LogP contribution in [0.3, 0.4) is 0 Å². The summed E-state index contributed by atoms with van der Waals surface area (Å²) in [6, 6.07) is 4.83. The van der Waals surface area contributed by atoms with Crippen LogP contribution in [0.15, 0.2) is 24.5 Å². The Hall–Kier alpha value is -1.50. The summed E-state index contributed by atoms with van der Waals surface area (Å²) in [6.45, 7) is 6.79. The van der Waals surface area contributed by atoms with Gasteiger partial charge in [0.25, 0.3) is 0 Å². The molecule has 1 amide bonds. The number of hydrogen-bond acceptors (Lipinski definition) is 5. The van der Waals surface area contributed by atoms with E-state index in [0.29, 0.717) is 11.9 Å². The summed E-state index contributed by atoms with van der Waals surface area (Å²) < 4.78 is 0. The minimum Gasteiger partial charge on any atom is -0.393 e. The Kier molecular flexibility index (Phi) is 6.60. The smallest absolute Gasteiger partial charge is 0.226 e. The van der Waals surface area contributed by atoms with Crippen molar-refractivity contribution in [3.8, 4) is 0 Å². The molecule has 28 heavy (non-hydrogen) atoms. The van der Waals surface area contributed by atoms with E-state index in [1.807, 2.05) is 17.3 Å². The zero-order chi connectivity index (χ0) is 19.3. The van der Waals surface area contributed by atoms with Crippen LogP contribution in [0, 0.1) is 5.92 Å². The first-order valence-electron chi connectivity index (χ1n) is 11.0. The summed E-state index contributed by atoms with van der Waals surface area (Å²) in [5.74, 6) is 0.477. The molecule has 3 fully saturated rings. The molecule has 154 valence electrons. The zero-order valence-electron chi connectivity index (χ0n) is 16.9. The highest BCUT2D eigenvalue weighted by Crippen LogP contribution is 2.26. The van der Waals surface area contributed by atoms with Gasteiger partial charge in [0, 0.05) is 44.6 Å². The number of aliphatic hydroxyl groups excluding tert-OH is 1.